The van der Waals surface area contributed by atoms with E-state index in [4.69, 9.17) is 9.57 Å². The Kier molecular flexibility index (Phi) is 5.31. The molecule has 4 aromatic carbocycles. The maximum absolute atomic E-state index is 14.0. The largest absolute Gasteiger partial charge is 0.496 e. The smallest absolute Gasteiger partial charge is 0.266 e. The number of hydrogen-bond donors (Lipinski definition) is 0. The van der Waals surface area contributed by atoms with Crippen LogP contribution in [0.2, 0.25) is 0 Å². The van der Waals surface area contributed by atoms with Gasteiger partial charge in [-0.05, 0) is 41.8 Å². The Morgan fingerprint density at radius 2 is 1.60 bits per heavy atom. The lowest BCUT2D eigenvalue weighted by Gasteiger charge is -2.30. The predicted octanol–water partition coefficient (Wildman–Crippen LogP) is 5.66. The molecule has 2 aliphatic rings. The third-order valence-corrected chi connectivity index (χ3v) is 7.14. The molecule has 2 saturated heterocycles. The van der Waals surface area contributed by atoms with Gasteiger partial charge in [0, 0.05) is 15.4 Å². The molecule has 2 amide bonds. The van der Waals surface area contributed by atoms with Gasteiger partial charge < -0.3 is 4.74 Å². The SMILES string of the molecule is COc1ccc(Br)cc1[C@H]1[C@@H]2C(=O)N(c3cccc4ccccc34)C(=O)[C@H]2ON1c1ccccc1. The second kappa shape index (κ2) is 8.52. The van der Waals surface area contributed by atoms with Gasteiger partial charge in [-0.15, -0.1) is 0 Å². The fourth-order valence-electron chi connectivity index (χ4n) is 5.11. The Balaban J connectivity index is 1.50. The van der Waals surface area contributed by atoms with Crippen LogP contribution in [0.25, 0.3) is 10.8 Å². The highest BCUT2D eigenvalue weighted by molar-refractivity contribution is 9.10. The molecule has 2 aliphatic heterocycles. The quantitative estimate of drug-likeness (QED) is 0.320. The van der Waals surface area contributed by atoms with Gasteiger partial charge in [0.25, 0.3) is 5.91 Å². The Hall–Kier alpha value is -3.68. The highest BCUT2D eigenvalue weighted by Crippen LogP contribution is 2.50. The van der Waals surface area contributed by atoms with Crippen molar-refractivity contribution in [3.8, 4) is 5.75 Å². The van der Waals surface area contributed by atoms with Gasteiger partial charge in [0.15, 0.2) is 6.10 Å². The van der Waals surface area contributed by atoms with Crippen molar-refractivity contribution in [1.82, 2.24) is 0 Å². The zero-order chi connectivity index (χ0) is 24.1. The van der Waals surface area contributed by atoms with Crippen molar-refractivity contribution in [1.29, 1.82) is 0 Å². The third-order valence-electron chi connectivity index (χ3n) is 6.64. The first kappa shape index (κ1) is 21.8. The first-order valence-electron chi connectivity index (χ1n) is 11.3. The van der Waals surface area contributed by atoms with Crippen molar-refractivity contribution < 1.29 is 19.2 Å². The van der Waals surface area contributed by atoms with E-state index in [0.29, 0.717) is 11.4 Å². The lowest BCUT2D eigenvalue weighted by molar-refractivity contribution is -0.126. The van der Waals surface area contributed by atoms with Crippen LogP contribution in [0.3, 0.4) is 0 Å². The van der Waals surface area contributed by atoms with Gasteiger partial charge in [-0.2, -0.15) is 0 Å². The van der Waals surface area contributed by atoms with E-state index in [2.05, 4.69) is 15.9 Å². The number of carbonyl (C=O) groups excluding carboxylic acids is 2. The number of imide groups is 1. The van der Waals surface area contributed by atoms with Gasteiger partial charge in [-0.25, -0.2) is 9.96 Å². The van der Waals surface area contributed by atoms with E-state index in [1.54, 1.807) is 12.2 Å². The van der Waals surface area contributed by atoms with Crippen molar-refractivity contribution in [2.75, 3.05) is 17.1 Å². The highest BCUT2D eigenvalue weighted by atomic mass is 79.9. The Bertz CT molecular complexity index is 1450. The summed E-state index contributed by atoms with van der Waals surface area (Å²) in [7, 11) is 1.59. The number of fused-ring (bicyclic) bond motifs is 2. The number of anilines is 2. The number of rotatable bonds is 4. The number of halogens is 1. The zero-order valence-corrected chi connectivity index (χ0v) is 20.4. The molecule has 2 fully saturated rings. The summed E-state index contributed by atoms with van der Waals surface area (Å²) < 4.78 is 6.50. The van der Waals surface area contributed by atoms with E-state index in [9.17, 15) is 9.59 Å². The number of benzene rings is 4. The van der Waals surface area contributed by atoms with Crippen LogP contribution < -0.4 is 14.7 Å². The maximum Gasteiger partial charge on any atom is 0.266 e. The number of hydrogen-bond acceptors (Lipinski definition) is 5. The van der Waals surface area contributed by atoms with Gasteiger partial charge in [0.05, 0.1) is 24.5 Å². The standard InChI is InChI=1S/C28H21BrN2O4/c1-34-23-15-14-18(29)16-21(23)25-24-26(35-31(25)19-10-3-2-4-11-19)28(33)30(27(24)32)22-13-7-9-17-8-5-6-12-20(17)22/h2-16,24-26H,1H3/t24-,25-,26-/m0/s1. The van der Waals surface area contributed by atoms with Gasteiger partial charge in [-0.3, -0.25) is 14.4 Å². The van der Waals surface area contributed by atoms with Crippen molar-refractivity contribution in [3.63, 3.8) is 0 Å². The first-order valence-corrected chi connectivity index (χ1v) is 12.1. The van der Waals surface area contributed by atoms with Crippen LogP contribution in [0.4, 0.5) is 11.4 Å². The van der Waals surface area contributed by atoms with E-state index in [0.717, 1.165) is 26.5 Å². The molecule has 7 heteroatoms. The van der Waals surface area contributed by atoms with Gasteiger partial charge in [-0.1, -0.05) is 70.5 Å². The molecule has 3 atom stereocenters. The highest BCUT2D eigenvalue weighted by Gasteiger charge is 2.61. The molecule has 6 nitrogen and oxygen atoms in total. The van der Waals surface area contributed by atoms with Gasteiger partial charge >= 0.3 is 0 Å². The topological polar surface area (TPSA) is 59.1 Å². The fraction of sp³-hybridized carbons (Fsp3) is 0.143. The minimum Gasteiger partial charge on any atom is -0.496 e. The summed E-state index contributed by atoms with van der Waals surface area (Å²) in [4.78, 5) is 35.3. The summed E-state index contributed by atoms with van der Waals surface area (Å²) >= 11 is 3.55. The number of methoxy groups -OCH3 is 1. The van der Waals surface area contributed by atoms with E-state index in [-0.39, 0.29) is 11.8 Å². The van der Waals surface area contributed by atoms with Gasteiger partial charge in [0.2, 0.25) is 5.91 Å². The Morgan fingerprint density at radius 3 is 2.40 bits per heavy atom. The summed E-state index contributed by atoms with van der Waals surface area (Å²) in [5, 5.41) is 3.48. The molecular weight excluding hydrogens is 508 g/mol. The van der Waals surface area contributed by atoms with E-state index < -0.39 is 18.1 Å². The van der Waals surface area contributed by atoms with Crippen LogP contribution >= 0.6 is 15.9 Å². The maximum atomic E-state index is 14.0. The zero-order valence-electron chi connectivity index (χ0n) is 18.8. The molecule has 174 valence electrons. The average Bonchev–Trinajstić information content (AvgIpc) is 3.40. The molecular formula is C28H21BrN2O4. The average molecular weight is 529 g/mol. The van der Waals surface area contributed by atoms with Crippen molar-refractivity contribution in [2.45, 2.75) is 12.1 Å². The number of carbonyl (C=O) groups is 2. The summed E-state index contributed by atoms with van der Waals surface area (Å²) in [5.41, 5.74) is 2.09. The monoisotopic (exact) mass is 528 g/mol. The third kappa shape index (κ3) is 3.42. The van der Waals surface area contributed by atoms with Crippen LogP contribution in [0.1, 0.15) is 11.6 Å². The number of ether oxygens (including phenoxy) is 1. The molecule has 0 saturated carbocycles. The number of hydroxylamine groups is 1. The van der Waals surface area contributed by atoms with Crippen LogP contribution in [-0.4, -0.2) is 25.0 Å². The lowest BCUT2D eigenvalue weighted by atomic mass is 9.90. The molecule has 0 aliphatic carbocycles. The molecule has 4 aromatic rings. The van der Waals surface area contributed by atoms with Crippen LogP contribution in [0, 0.1) is 5.92 Å². The Morgan fingerprint density at radius 1 is 0.857 bits per heavy atom. The van der Waals surface area contributed by atoms with E-state index >= 15 is 0 Å². The van der Waals surface area contributed by atoms with Crippen molar-refractivity contribution in [2.24, 2.45) is 5.92 Å². The molecule has 0 unspecified atom stereocenters. The number of nitrogens with zero attached hydrogens (tertiary/aromatic N) is 2. The van der Waals surface area contributed by atoms with Crippen molar-refractivity contribution in [3.05, 3.63) is 101 Å². The second-order valence-corrected chi connectivity index (χ2v) is 9.47. The first-order chi connectivity index (χ1) is 17.1. The molecule has 0 spiro atoms. The van der Waals surface area contributed by atoms with E-state index in [1.807, 2.05) is 91.0 Å². The fourth-order valence-corrected chi connectivity index (χ4v) is 5.49. The summed E-state index contributed by atoms with van der Waals surface area (Å²) in [5.74, 6) is -0.785. The second-order valence-electron chi connectivity index (χ2n) is 8.55. The summed E-state index contributed by atoms with van der Waals surface area (Å²) in [6.45, 7) is 0. The normalized spacial score (nSPS) is 21.6. The molecule has 6 rings (SSSR count). The minimum absolute atomic E-state index is 0.290. The minimum atomic E-state index is -0.949. The predicted molar refractivity (Wildman–Crippen MR) is 137 cm³/mol. The van der Waals surface area contributed by atoms with Crippen LogP contribution in [0.5, 0.6) is 5.75 Å². The molecule has 35 heavy (non-hydrogen) atoms. The van der Waals surface area contributed by atoms with Crippen LogP contribution in [-0.2, 0) is 14.4 Å². The summed E-state index contributed by atoms with van der Waals surface area (Å²) in [6.07, 6.45) is -0.949. The molecule has 0 N–H and O–H groups in total. The number of amides is 2. The van der Waals surface area contributed by atoms with Crippen LogP contribution in [0.15, 0.2) is 95.5 Å². The molecule has 0 bridgehead atoms. The summed E-state index contributed by atoms with van der Waals surface area (Å²) in [6, 6.07) is 27.9. The molecule has 0 aromatic heterocycles. The Labute approximate surface area is 210 Å². The lowest BCUT2D eigenvalue weighted by Crippen LogP contribution is -2.37. The van der Waals surface area contributed by atoms with Crippen molar-refractivity contribution >= 4 is 49.9 Å². The van der Waals surface area contributed by atoms with E-state index in [1.165, 1.54) is 4.90 Å². The number of para-hydroxylation sites is 1. The molecule has 0 radical (unpaired) electrons. The molecule has 2 heterocycles. The van der Waals surface area contributed by atoms with Gasteiger partial charge in [0.1, 0.15) is 11.7 Å².